The van der Waals surface area contributed by atoms with E-state index in [1.807, 2.05) is 0 Å². The van der Waals surface area contributed by atoms with Gasteiger partial charge >= 0.3 is 0 Å². The second kappa shape index (κ2) is 6.40. The van der Waals surface area contributed by atoms with Crippen LogP contribution in [0.2, 0.25) is 0 Å². The molecule has 116 valence electrons. The molecule has 7 nitrogen and oxygen atoms in total. The number of aromatic nitrogens is 2. The van der Waals surface area contributed by atoms with Gasteiger partial charge in [-0.05, 0) is 19.4 Å². The summed E-state index contributed by atoms with van der Waals surface area (Å²) in [4.78, 5) is 13.7. The number of allylic oxidation sites excluding steroid dienone is 1. The molecule has 1 aromatic rings. The fraction of sp³-hybridized carbons (Fsp3) is 0.538. The molecule has 1 fully saturated rings. The molecule has 1 aromatic heterocycles. The first-order valence-corrected chi connectivity index (χ1v) is 8.29. The van der Waals surface area contributed by atoms with Gasteiger partial charge in [0.2, 0.25) is 15.9 Å². The SMILES string of the molecule is C/C=C/C(=O)N1CCCN(S(=O)(=O)c2cnn(C)c2)CC1. The predicted octanol–water partition coefficient (Wildman–Crippen LogP) is 0.219. The number of hydrogen-bond acceptors (Lipinski definition) is 4. The van der Waals surface area contributed by atoms with Crippen LogP contribution >= 0.6 is 0 Å². The van der Waals surface area contributed by atoms with Gasteiger partial charge in [0.25, 0.3) is 0 Å². The quantitative estimate of drug-likeness (QED) is 0.748. The topological polar surface area (TPSA) is 75.5 Å². The highest BCUT2D eigenvalue weighted by molar-refractivity contribution is 7.89. The van der Waals surface area contributed by atoms with Crippen molar-refractivity contribution in [2.24, 2.45) is 7.05 Å². The Kier molecular flexibility index (Phi) is 4.79. The van der Waals surface area contributed by atoms with E-state index in [2.05, 4.69) is 5.10 Å². The first-order valence-electron chi connectivity index (χ1n) is 6.85. The second-order valence-corrected chi connectivity index (χ2v) is 6.87. The van der Waals surface area contributed by atoms with Gasteiger partial charge in [-0.2, -0.15) is 9.40 Å². The Balaban J connectivity index is 2.11. The average Bonchev–Trinajstić information content (AvgIpc) is 2.74. The number of amides is 1. The molecule has 21 heavy (non-hydrogen) atoms. The fourth-order valence-corrected chi connectivity index (χ4v) is 3.74. The van der Waals surface area contributed by atoms with Crippen molar-refractivity contribution in [3.63, 3.8) is 0 Å². The molecule has 0 spiro atoms. The lowest BCUT2D eigenvalue weighted by molar-refractivity contribution is -0.125. The number of rotatable bonds is 3. The van der Waals surface area contributed by atoms with E-state index in [4.69, 9.17) is 0 Å². The third kappa shape index (κ3) is 3.51. The molecule has 1 saturated heterocycles. The summed E-state index contributed by atoms with van der Waals surface area (Å²) < 4.78 is 27.9. The fourth-order valence-electron chi connectivity index (χ4n) is 2.28. The lowest BCUT2D eigenvalue weighted by atomic mass is 10.3. The van der Waals surface area contributed by atoms with Crippen LogP contribution in [0.4, 0.5) is 0 Å². The molecular formula is C13H20N4O3S. The Bertz CT molecular complexity index is 636. The molecule has 0 saturated carbocycles. The van der Waals surface area contributed by atoms with Gasteiger partial charge in [-0.25, -0.2) is 8.42 Å². The molecule has 2 rings (SSSR count). The molecular weight excluding hydrogens is 292 g/mol. The van der Waals surface area contributed by atoms with Crippen LogP contribution in [0, 0.1) is 0 Å². The summed E-state index contributed by atoms with van der Waals surface area (Å²) in [7, 11) is -1.85. The molecule has 0 aromatic carbocycles. The number of carbonyl (C=O) groups excluding carboxylic acids is 1. The minimum atomic E-state index is -3.53. The Labute approximate surface area is 124 Å². The van der Waals surface area contributed by atoms with Crippen molar-refractivity contribution in [1.29, 1.82) is 0 Å². The van der Waals surface area contributed by atoms with Gasteiger partial charge in [-0.3, -0.25) is 9.48 Å². The Morgan fingerprint density at radius 1 is 1.29 bits per heavy atom. The van der Waals surface area contributed by atoms with Crippen molar-refractivity contribution >= 4 is 15.9 Å². The first-order chi connectivity index (χ1) is 9.95. The van der Waals surface area contributed by atoms with Crippen LogP contribution in [-0.2, 0) is 21.9 Å². The molecule has 1 aliphatic rings. The largest absolute Gasteiger partial charge is 0.338 e. The van der Waals surface area contributed by atoms with Crippen molar-refractivity contribution in [3.05, 3.63) is 24.5 Å². The zero-order valence-corrected chi connectivity index (χ0v) is 13.1. The van der Waals surface area contributed by atoms with E-state index in [1.165, 1.54) is 27.5 Å². The molecule has 0 unspecified atom stereocenters. The van der Waals surface area contributed by atoms with Gasteiger partial charge in [0, 0.05) is 39.4 Å². The van der Waals surface area contributed by atoms with E-state index in [0.717, 1.165) is 0 Å². The van der Waals surface area contributed by atoms with Gasteiger partial charge < -0.3 is 4.90 Å². The smallest absolute Gasteiger partial charge is 0.246 e. The average molecular weight is 312 g/mol. The minimum absolute atomic E-state index is 0.0712. The number of hydrogen-bond donors (Lipinski definition) is 0. The number of aryl methyl sites for hydroxylation is 1. The van der Waals surface area contributed by atoms with Crippen LogP contribution in [0.25, 0.3) is 0 Å². The molecule has 0 atom stereocenters. The summed E-state index contributed by atoms with van der Waals surface area (Å²) >= 11 is 0. The van der Waals surface area contributed by atoms with E-state index in [1.54, 1.807) is 24.9 Å². The zero-order chi connectivity index (χ0) is 15.5. The van der Waals surface area contributed by atoms with E-state index < -0.39 is 10.0 Å². The zero-order valence-electron chi connectivity index (χ0n) is 12.3. The van der Waals surface area contributed by atoms with Crippen LogP contribution in [0.5, 0.6) is 0 Å². The normalized spacial score (nSPS) is 18.1. The number of sulfonamides is 1. The number of carbonyl (C=O) groups is 1. The Hall–Kier alpha value is -1.67. The van der Waals surface area contributed by atoms with Gasteiger partial charge in [0.05, 0.1) is 6.20 Å². The monoisotopic (exact) mass is 312 g/mol. The van der Waals surface area contributed by atoms with E-state index >= 15 is 0 Å². The lowest BCUT2D eigenvalue weighted by Gasteiger charge is -2.20. The highest BCUT2D eigenvalue weighted by Crippen LogP contribution is 2.17. The molecule has 0 bridgehead atoms. The third-order valence-electron chi connectivity index (χ3n) is 3.39. The van der Waals surface area contributed by atoms with Crippen LogP contribution in [0.3, 0.4) is 0 Å². The molecule has 2 heterocycles. The molecule has 8 heteroatoms. The Morgan fingerprint density at radius 3 is 2.67 bits per heavy atom. The molecule has 1 amide bonds. The van der Waals surface area contributed by atoms with Crippen molar-refractivity contribution < 1.29 is 13.2 Å². The minimum Gasteiger partial charge on any atom is -0.338 e. The maximum atomic E-state index is 12.5. The Morgan fingerprint density at radius 2 is 2.05 bits per heavy atom. The van der Waals surface area contributed by atoms with E-state index in [-0.39, 0.29) is 10.8 Å². The summed E-state index contributed by atoms with van der Waals surface area (Å²) in [6.07, 6.45) is 6.66. The van der Waals surface area contributed by atoms with E-state index in [0.29, 0.717) is 32.6 Å². The van der Waals surface area contributed by atoms with Gasteiger partial charge in [0.1, 0.15) is 4.90 Å². The maximum Gasteiger partial charge on any atom is 0.246 e. The summed E-state index contributed by atoms with van der Waals surface area (Å²) in [5.74, 6) is -0.0712. The third-order valence-corrected chi connectivity index (χ3v) is 5.25. The van der Waals surface area contributed by atoms with Crippen molar-refractivity contribution in [2.45, 2.75) is 18.2 Å². The van der Waals surface area contributed by atoms with Crippen molar-refractivity contribution in [1.82, 2.24) is 19.0 Å². The van der Waals surface area contributed by atoms with Crippen LogP contribution < -0.4 is 0 Å². The molecule has 0 aliphatic carbocycles. The van der Waals surface area contributed by atoms with Crippen LogP contribution in [-0.4, -0.2) is 59.5 Å². The van der Waals surface area contributed by atoms with E-state index in [9.17, 15) is 13.2 Å². The molecule has 0 N–H and O–H groups in total. The summed E-state index contributed by atoms with van der Waals surface area (Å²) in [5.41, 5.74) is 0. The van der Waals surface area contributed by atoms with Gasteiger partial charge in [0.15, 0.2) is 0 Å². The standard InChI is InChI=1S/C13H20N4O3S/c1-3-5-13(18)16-6-4-7-17(9-8-16)21(19,20)12-10-14-15(2)11-12/h3,5,10-11H,4,6-9H2,1-2H3/b5-3+. The van der Waals surface area contributed by atoms with Crippen molar-refractivity contribution in [2.75, 3.05) is 26.2 Å². The first kappa shape index (κ1) is 15.7. The van der Waals surface area contributed by atoms with Crippen molar-refractivity contribution in [3.8, 4) is 0 Å². The predicted molar refractivity (Wildman–Crippen MR) is 78.0 cm³/mol. The highest BCUT2D eigenvalue weighted by atomic mass is 32.2. The highest BCUT2D eigenvalue weighted by Gasteiger charge is 2.28. The lowest BCUT2D eigenvalue weighted by Crippen LogP contribution is -2.36. The summed E-state index contributed by atoms with van der Waals surface area (Å²) in [6, 6.07) is 0. The van der Waals surface area contributed by atoms with Gasteiger partial charge in [-0.1, -0.05) is 6.08 Å². The number of nitrogens with zero attached hydrogens (tertiary/aromatic N) is 4. The molecule has 1 aliphatic heterocycles. The van der Waals surface area contributed by atoms with Crippen LogP contribution in [0.1, 0.15) is 13.3 Å². The molecule has 0 radical (unpaired) electrons. The second-order valence-electron chi connectivity index (χ2n) is 4.93. The summed E-state index contributed by atoms with van der Waals surface area (Å²) in [6.45, 7) is 3.48. The van der Waals surface area contributed by atoms with Gasteiger partial charge in [-0.15, -0.1) is 0 Å². The van der Waals surface area contributed by atoms with Crippen LogP contribution in [0.15, 0.2) is 29.4 Å². The maximum absolute atomic E-state index is 12.5. The summed E-state index contributed by atoms with van der Waals surface area (Å²) in [5, 5.41) is 3.91.